The number of carbonyl (C=O) groups is 1. The molecule has 9 heteroatoms. The number of fused-ring (bicyclic) bond motifs is 3. The second kappa shape index (κ2) is 6.58. The van der Waals surface area contributed by atoms with Crippen molar-refractivity contribution in [2.24, 2.45) is 0 Å². The van der Waals surface area contributed by atoms with E-state index in [2.05, 4.69) is 14.9 Å². The quantitative estimate of drug-likeness (QED) is 0.575. The van der Waals surface area contributed by atoms with Crippen molar-refractivity contribution in [3.8, 4) is 0 Å². The predicted octanol–water partition coefficient (Wildman–Crippen LogP) is 1.61. The number of halogens is 1. The molecule has 6 rings (SSSR count). The van der Waals surface area contributed by atoms with Gasteiger partial charge in [-0.05, 0) is 19.4 Å². The van der Waals surface area contributed by atoms with Gasteiger partial charge in [0, 0.05) is 55.0 Å². The summed E-state index contributed by atoms with van der Waals surface area (Å²) in [5.41, 5.74) is 1.36. The van der Waals surface area contributed by atoms with Gasteiger partial charge in [-0.3, -0.25) is 14.2 Å². The van der Waals surface area contributed by atoms with Gasteiger partial charge >= 0.3 is 0 Å². The van der Waals surface area contributed by atoms with E-state index in [1.54, 1.807) is 23.8 Å². The Balaban J connectivity index is 1.28. The Kier molecular flexibility index (Phi) is 4.15. The average Bonchev–Trinajstić information content (AvgIpc) is 3.08. The number of carbonyl (C=O) groups excluding carboxylic acids is 1. The third kappa shape index (κ3) is 2.80. The molecule has 2 bridgehead atoms. The van der Waals surface area contributed by atoms with E-state index in [0.717, 1.165) is 12.1 Å². The van der Waals surface area contributed by atoms with Crippen LogP contribution in [0.1, 0.15) is 24.4 Å². The van der Waals surface area contributed by atoms with Gasteiger partial charge in [0.15, 0.2) is 5.16 Å². The number of piperazine rings is 1. The van der Waals surface area contributed by atoms with Crippen molar-refractivity contribution >= 4 is 23.4 Å². The highest BCUT2D eigenvalue weighted by Gasteiger charge is 2.47. The van der Waals surface area contributed by atoms with Crippen LogP contribution in [0.5, 0.6) is 0 Å². The van der Waals surface area contributed by atoms with Gasteiger partial charge in [-0.25, -0.2) is 9.97 Å². The topological polar surface area (TPSA) is 71.3 Å². The molecule has 3 saturated heterocycles. The van der Waals surface area contributed by atoms with Crippen molar-refractivity contribution in [2.75, 3.05) is 23.7 Å². The summed E-state index contributed by atoms with van der Waals surface area (Å²) in [6.07, 6.45) is 4.37. The standard InChI is InChI=1S/C19H20FN5O2S/c1-11-7-22-19-25(18(11)27)15(10-28-19)6-17(26)24-13-4-14(24)9-23(8-13)12-2-3-21-16(20)5-12/h2-3,5,7,13-15H,4,6,8-10H2,1H3. The molecule has 0 aliphatic carbocycles. The van der Waals surface area contributed by atoms with Crippen LogP contribution in [0.3, 0.4) is 0 Å². The maximum Gasteiger partial charge on any atom is 0.257 e. The summed E-state index contributed by atoms with van der Waals surface area (Å²) in [7, 11) is 0. The lowest BCUT2D eigenvalue weighted by molar-refractivity contribution is -0.146. The van der Waals surface area contributed by atoms with Gasteiger partial charge in [0.1, 0.15) is 0 Å². The Hall–Kier alpha value is -2.42. The van der Waals surface area contributed by atoms with E-state index >= 15 is 0 Å². The van der Waals surface area contributed by atoms with Crippen LogP contribution >= 0.6 is 11.8 Å². The molecule has 0 N–H and O–H groups in total. The highest BCUT2D eigenvalue weighted by molar-refractivity contribution is 7.99. The van der Waals surface area contributed by atoms with Crippen molar-refractivity contribution < 1.29 is 9.18 Å². The largest absolute Gasteiger partial charge is 0.367 e. The second-order valence-electron chi connectivity index (χ2n) is 7.65. The minimum atomic E-state index is -0.489. The van der Waals surface area contributed by atoms with E-state index in [0.29, 0.717) is 36.0 Å². The monoisotopic (exact) mass is 401 g/mol. The van der Waals surface area contributed by atoms with Crippen molar-refractivity contribution in [2.45, 2.75) is 43.0 Å². The summed E-state index contributed by atoms with van der Waals surface area (Å²) >= 11 is 1.53. The van der Waals surface area contributed by atoms with E-state index in [4.69, 9.17) is 0 Å². The summed E-state index contributed by atoms with van der Waals surface area (Å²) in [6.45, 7) is 3.14. The number of hydrogen-bond donors (Lipinski definition) is 0. The first-order valence-corrected chi connectivity index (χ1v) is 10.4. The maximum atomic E-state index is 13.4. The van der Waals surface area contributed by atoms with Gasteiger partial charge in [-0.1, -0.05) is 11.8 Å². The molecule has 0 aromatic carbocycles. The van der Waals surface area contributed by atoms with Crippen LogP contribution in [0.4, 0.5) is 10.1 Å². The molecule has 4 aliphatic heterocycles. The minimum Gasteiger partial charge on any atom is -0.367 e. The zero-order valence-electron chi connectivity index (χ0n) is 15.4. The summed E-state index contributed by atoms with van der Waals surface area (Å²) in [5.74, 6) is 0.299. The third-order valence-electron chi connectivity index (χ3n) is 5.87. The summed E-state index contributed by atoms with van der Waals surface area (Å²) < 4.78 is 15.1. The second-order valence-corrected chi connectivity index (χ2v) is 8.64. The number of hydrogen-bond acceptors (Lipinski definition) is 6. The van der Waals surface area contributed by atoms with Gasteiger partial charge in [0.25, 0.3) is 5.56 Å². The number of thioether (sulfide) groups is 1. The first-order chi connectivity index (χ1) is 13.5. The summed E-state index contributed by atoms with van der Waals surface area (Å²) in [5, 5.41) is 0.697. The van der Waals surface area contributed by atoms with Crippen molar-refractivity contribution in [1.29, 1.82) is 0 Å². The number of amides is 1. The van der Waals surface area contributed by atoms with Crippen molar-refractivity contribution in [3.05, 3.63) is 46.4 Å². The number of nitrogens with zero attached hydrogens (tertiary/aromatic N) is 5. The Labute approximate surface area is 165 Å². The molecular formula is C19H20FN5O2S. The lowest BCUT2D eigenvalue weighted by Gasteiger charge is -2.57. The molecule has 3 unspecified atom stereocenters. The fourth-order valence-corrected chi connectivity index (χ4v) is 5.60. The normalized spacial score (nSPS) is 25.4. The Bertz CT molecular complexity index is 1000. The molecule has 2 aromatic rings. The van der Waals surface area contributed by atoms with Gasteiger partial charge in [-0.2, -0.15) is 4.39 Å². The van der Waals surface area contributed by atoms with E-state index in [1.807, 2.05) is 4.90 Å². The highest BCUT2D eigenvalue weighted by Crippen LogP contribution is 2.38. The number of aromatic nitrogens is 3. The number of piperidine rings is 1. The number of pyridine rings is 1. The lowest BCUT2D eigenvalue weighted by Crippen LogP contribution is -2.70. The van der Waals surface area contributed by atoms with Gasteiger partial charge in [-0.15, -0.1) is 0 Å². The fourth-order valence-electron chi connectivity index (χ4n) is 4.49. The van der Waals surface area contributed by atoms with Gasteiger partial charge < -0.3 is 9.80 Å². The molecule has 0 saturated carbocycles. The zero-order chi connectivity index (χ0) is 19.4. The van der Waals surface area contributed by atoms with E-state index in [1.165, 1.54) is 24.0 Å². The SMILES string of the molecule is Cc1cnc2n(c1=O)C(CC(=O)N1C3CC1CN(c1ccnc(F)c1)C3)CS2. The first kappa shape index (κ1) is 17.7. The fraction of sp³-hybridized carbons (Fsp3) is 0.474. The molecule has 6 heterocycles. The molecular weight excluding hydrogens is 381 g/mol. The maximum absolute atomic E-state index is 13.4. The van der Waals surface area contributed by atoms with Crippen LogP contribution < -0.4 is 10.5 Å². The molecule has 0 spiro atoms. The van der Waals surface area contributed by atoms with Crippen molar-refractivity contribution in [1.82, 2.24) is 19.4 Å². The Morgan fingerprint density at radius 3 is 2.86 bits per heavy atom. The predicted molar refractivity (Wildman–Crippen MR) is 103 cm³/mol. The molecule has 28 heavy (non-hydrogen) atoms. The molecule has 146 valence electrons. The third-order valence-corrected chi connectivity index (χ3v) is 6.98. The Morgan fingerprint density at radius 1 is 1.32 bits per heavy atom. The first-order valence-electron chi connectivity index (χ1n) is 9.40. The number of rotatable bonds is 3. The van der Waals surface area contributed by atoms with Gasteiger partial charge in [0.2, 0.25) is 11.9 Å². The summed E-state index contributed by atoms with van der Waals surface area (Å²) in [4.78, 5) is 37.5. The molecule has 7 nitrogen and oxygen atoms in total. The van der Waals surface area contributed by atoms with Crippen molar-refractivity contribution in [3.63, 3.8) is 0 Å². The molecule has 3 atom stereocenters. The molecule has 0 radical (unpaired) electrons. The van der Waals surface area contributed by atoms with E-state index < -0.39 is 5.95 Å². The van der Waals surface area contributed by atoms with Crippen LogP contribution in [0.2, 0.25) is 0 Å². The highest BCUT2D eigenvalue weighted by atomic mass is 32.2. The van der Waals surface area contributed by atoms with Crippen LogP contribution in [0.15, 0.2) is 34.5 Å². The number of aryl methyl sites for hydroxylation is 1. The van der Waals surface area contributed by atoms with Crippen LogP contribution in [0.25, 0.3) is 0 Å². The Morgan fingerprint density at radius 2 is 2.11 bits per heavy atom. The van der Waals surface area contributed by atoms with E-state index in [-0.39, 0.29) is 29.6 Å². The average molecular weight is 401 g/mol. The molecule has 2 aromatic heterocycles. The van der Waals surface area contributed by atoms with Crippen LogP contribution in [0, 0.1) is 12.9 Å². The minimum absolute atomic E-state index is 0.0532. The molecule has 4 aliphatic rings. The smallest absolute Gasteiger partial charge is 0.257 e. The van der Waals surface area contributed by atoms with E-state index in [9.17, 15) is 14.0 Å². The van der Waals surface area contributed by atoms with Crippen LogP contribution in [-0.2, 0) is 4.79 Å². The number of anilines is 1. The lowest BCUT2D eigenvalue weighted by atomic mass is 9.86. The molecule has 1 amide bonds. The molecule has 3 fully saturated rings. The van der Waals surface area contributed by atoms with Crippen LogP contribution in [-0.4, -0.2) is 56.3 Å². The van der Waals surface area contributed by atoms with Gasteiger partial charge in [0.05, 0.1) is 18.1 Å². The summed E-state index contributed by atoms with van der Waals surface area (Å²) in [6, 6.07) is 3.38. The zero-order valence-corrected chi connectivity index (χ0v) is 16.2.